The summed E-state index contributed by atoms with van der Waals surface area (Å²) in [7, 11) is -1.78. The van der Waals surface area contributed by atoms with Gasteiger partial charge in [-0.2, -0.15) is 0 Å². The van der Waals surface area contributed by atoms with Gasteiger partial charge in [-0.05, 0) is 11.1 Å². The lowest BCUT2D eigenvalue weighted by molar-refractivity contribution is -0.137. The van der Waals surface area contributed by atoms with E-state index in [1.54, 1.807) is 0 Å². The van der Waals surface area contributed by atoms with Gasteiger partial charge >= 0.3 is 5.97 Å². The van der Waals surface area contributed by atoms with Gasteiger partial charge in [-0.1, -0.05) is 72.0 Å². The number of benzene rings is 2. The van der Waals surface area contributed by atoms with E-state index in [0.717, 1.165) is 11.1 Å². The lowest BCUT2D eigenvalue weighted by Gasteiger charge is -2.36. The van der Waals surface area contributed by atoms with Gasteiger partial charge in [-0.25, -0.2) is 0 Å². The SMILES string of the molecule is C[Si]1(C)c2ccccc2C(C(=O)O)c2ccccc21. The van der Waals surface area contributed by atoms with Gasteiger partial charge in [0.05, 0.1) is 0 Å². The Labute approximate surface area is 113 Å². The normalized spacial score (nSPS) is 16.5. The molecule has 3 heteroatoms. The third-order valence-electron chi connectivity index (χ3n) is 4.14. The Bertz CT molecular complexity index is 612. The number of aliphatic carboxylic acids is 1. The summed E-state index contributed by atoms with van der Waals surface area (Å²) < 4.78 is 0. The van der Waals surface area contributed by atoms with Crippen LogP contribution in [0.1, 0.15) is 17.0 Å². The summed E-state index contributed by atoms with van der Waals surface area (Å²) in [5, 5.41) is 12.1. The topological polar surface area (TPSA) is 37.3 Å². The smallest absolute Gasteiger partial charge is 0.315 e. The molecule has 0 aliphatic carbocycles. The van der Waals surface area contributed by atoms with Gasteiger partial charge in [0.2, 0.25) is 0 Å². The van der Waals surface area contributed by atoms with Gasteiger partial charge < -0.3 is 5.11 Å². The number of fused-ring (bicyclic) bond motifs is 2. The van der Waals surface area contributed by atoms with Gasteiger partial charge in [0.25, 0.3) is 0 Å². The second-order valence-electron chi connectivity index (χ2n) is 5.57. The monoisotopic (exact) mass is 268 g/mol. The van der Waals surface area contributed by atoms with E-state index in [1.165, 1.54) is 10.4 Å². The molecule has 0 fully saturated rings. The Morgan fingerprint density at radius 2 is 1.37 bits per heavy atom. The third-order valence-corrected chi connectivity index (χ3v) is 7.74. The minimum absolute atomic E-state index is 0.520. The summed E-state index contributed by atoms with van der Waals surface area (Å²) in [6.45, 7) is 4.59. The first kappa shape index (κ1) is 12.2. The van der Waals surface area contributed by atoms with Crippen molar-refractivity contribution in [3.05, 3.63) is 59.7 Å². The first-order valence-corrected chi connectivity index (χ1v) is 9.45. The predicted octanol–water partition coefficient (Wildman–Crippen LogP) is 2.04. The van der Waals surface area contributed by atoms with Crippen molar-refractivity contribution in [1.82, 2.24) is 0 Å². The molecule has 2 aromatic carbocycles. The van der Waals surface area contributed by atoms with Crippen LogP contribution in [0.4, 0.5) is 0 Å². The molecule has 0 radical (unpaired) electrons. The summed E-state index contributed by atoms with van der Waals surface area (Å²) in [5.41, 5.74) is 1.95. The Morgan fingerprint density at radius 1 is 0.947 bits per heavy atom. The minimum Gasteiger partial charge on any atom is -0.481 e. The summed E-state index contributed by atoms with van der Waals surface area (Å²) in [6.07, 6.45) is 0. The Kier molecular flexibility index (Phi) is 2.61. The first-order valence-electron chi connectivity index (χ1n) is 6.45. The minimum atomic E-state index is -1.78. The molecule has 0 spiro atoms. The zero-order valence-electron chi connectivity index (χ0n) is 11.1. The standard InChI is InChI=1S/C16H16O2Si/c1-19(2)13-9-5-3-7-11(13)15(16(17)18)12-8-4-6-10-14(12)19/h3-10,15H,1-2H3,(H,17,18). The largest absolute Gasteiger partial charge is 0.481 e. The summed E-state index contributed by atoms with van der Waals surface area (Å²) >= 11 is 0. The van der Waals surface area contributed by atoms with Crippen molar-refractivity contribution < 1.29 is 9.90 Å². The number of hydrogen-bond acceptors (Lipinski definition) is 1. The summed E-state index contributed by atoms with van der Waals surface area (Å²) in [4.78, 5) is 11.7. The zero-order chi connectivity index (χ0) is 13.6. The van der Waals surface area contributed by atoms with E-state index in [1.807, 2.05) is 36.4 Å². The van der Waals surface area contributed by atoms with Crippen molar-refractivity contribution in [2.45, 2.75) is 19.0 Å². The fourth-order valence-electron chi connectivity index (χ4n) is 3.21. The maximum absolute atomic E-state index is 11.7. The number of rotatable bonds is 1. The van der Waals surface area contributed by atoms with Crippen LogP contribution in [-0.4, -0.2) is 19.1 Å². The Morgan fingerprint density at radius 3 is 1.79 bits per heavy atom. The Balaban J connectivity index is 2.37. The van der Waals surface area contributed by atoms with Crippen LogP contribution in [0.15, 0.2) is 48.5 Å². The molecule has 96 valence electrons. The highest BCUT2D eigenvalue weighted by atomic mass is 28.3. The molecule has 0 unspecified atom stereocenters. The van der Waals surface area contributed by atoms with Crippen molar-refractivity contribution in [2.24, 2.45) is 0 Å². The highest BCUT2D eigenvalue weighted by Crippen LogP contribution is 2.30. The third kappa shape index (κ3) is 1.65. The van der Waals surface area contributed by atoms with Gasteiger partial charge in [-0.3, -0.25) is 4.79 Å². The van der Waals surface area contributed by atoms with Crippen molar-refractivity contribution >= 4 is 24.4 Å². The second kappa shape index (κ2) is 4.07. The van der Waals surface area contributed by atoms with Crippen LogP contribution in [0.3, 0.4) is 0 Å². The van der Waals surface area contributed by atoms with Crippen LogP contribution in [0, 0.1) is 0 Å². The molecule has 1 aliphatic heterocycles. The van der Waals surface area contributed by atoms with Crippen LogP contribution < -0.4 is 10.4 Å². The van der Waals surface area contributed by atoms with Crippen molar-refractivity contribution in [2.75, 3.05) is 0 Å². The molecule has 1 heterocycles. The maximum atomic E-state index is 11.7. The highest BCUT2D eigenvalue weighted by Gasteiger charge is 2.40. The Hall–Kier alpha value is -1.87. The van der Waals surface area contributed by atoms with E-state index in [0.29, 0.717) is 0 Å². The van der Waals surface area contributed by atoms with Gasteiger partial charge in [0.1, 0.15) is 14.0 Å². The fourth-order valence-corrected chi connectivity index (χ4v) is 6.43. The second-order valence-corrected chi connectivity index (χ2v) is 9.90. The number of carbonyl (C=O) groups is 1. The average molecular weight is 268 g/mol. The molecule has 19 heavy (non-hydrogen) atoms. The zero-order valence-corrected chi connectivity index (χ0v) is 12.1. The quantitative estimate of drug-likeness (QED) is 0.804. The lowest BCUT2D eigenvalue weighted by atomic mass is 9.90. The van der Waals surface area contributed by atoms with Crippen LogP contribution in [0.2, 0.25) is 13.1 Å². The van der Waals surface area contributed by atoms with Crippen molar-refractivity contribution in [1.29, 1.82) is 0 Å². The first-order chi connectivity index (χ1) is 9.03. The number of carboxylic acid groups (broad SMARTS) is 1. The predicted molar refractivity (Wildman–Crippen MR) is 79.1 cm³/mol. The molecule has 0 amide bonds. The summed E-state index contributed by atoms with van der Waals surface area (Å²) in [5.74, 6) is -1.28. The van der Waals surface area contributed by atoms with E-state index in [4.69, 9.17) is 0 Å². The number of carboxylic acids is 1. The van der Waals surface area contributed by atoms with E-state index < -0.39 is 20.0 Å². The van der Waals surface area contributed by atoms with Gasteiger partial charge in [-0.15, -0.1) is 0 Å². The molecule has 1 N–H and O–H groups in total. The summed E-state index contributed by atoms with van der Waals surface area (Å²) in [6, 6.07) is 16.1. The molecule has 2 aromatic rings. The molecule has 0 aromatic heterocycles. The van der Waals surface area contributed by atoms with E-state index >= 15 is 0 Å². The molecule has 1 aliphatic rings. The van der Waals surface area contributed by atoms with Crippen LogP contribution in [-0.2, 0) is 4.79 Å². The van der Waals surface area contributed by atoms with Crippen LogP contribution >= 0.6 is 0 Å². The molecule has 0 bridgehead atoms. The molecular formula is C16H16O2Si. The number of hydrogen-bond donors (Lipinski definition) is 1. The average Bonchev–Trinajstić information content (AvgIpc) is 2.39. The molecule has 0 saturated heterocycles. The highest BCUT2D eigenvalue weighted by molar-refractivity contribution is 7.01. The van der Waals surface area contributed by atoms with Gasteiger partial charge in [0.15, 0.2) is 0 Å². The molecule has 0 atom stereocenters. The van der Waals surface area contributed by atoms with E-state index in [2.05, 4.69) is 25.2 Å². The molecule has 2 nitrogen and oxygen atoms in total. The fraction of sp³-hybridized carbons (Fsp3) is 0.188. The molecule has 3 rings (SSSR count). The molecule has 0 saturated carbocycles. The molecular weight excluding hydrogens is 252 g/mol. The maximum Gasteiger partial charge on any atom is 0.315 e. The van der Waals surface area contributed by atoms with E-state index in [-0.39, 0.29) is 0 Å². The van der Waals surface area contributed by atoms with Crippen molar-refractivity contribution in [3.8, 4) is 0 Å². The van der Waals surface area contributed by atoms with Crippen LogP contribution in [0.5, 0.6) is 0 Å². The lowest BCUT2D eigenvalue weighted by Crippen LogP contribution is -2.59. The van der Waals surface area contributed by atoms with Crippen molar-refractivity contribution in [3.63, 3.8) is 0 Å². The van der Waals surface area contributed by atoms with Crippen LogP contribution in [0.25, 0.3) is 0 Å². The van der Waals surface area contributed by atoms with E-state index in [9.17, 15) is 9.90 Å². The van der Waals surface area contributed by atoms with Gasteiger partial charge in [0, 0.05) is 0 Å².